The topological polar surface area (TPSA) is 112 Å². The number of aliphatic hydroxyl groups is 2. The zero-order chi connectivity index (χ0) is 22.7. The molecule has 1 aromatic heterocycles. The molecule has 0 radical (unpaired) electrons. The molecule has 1 aliphatic heterocycles. The van der Waals surface area contributed by atoms with Crippen LogP contribution in [-0.4, -0.2) is 58.3 Å². The minimum absolute atomic E-state index is 0.108. The fraction of sp³-hybridized carbons (Fsp3) is 0.417. The second-order valence-electron chi connectivity index (χ2n) is 8.08. The predicted molar refractivity (Wildman–Crippen MR) is 116 cm³/mol. The van der Waals surface area contributed by atoms with E-state index < -0.39 is 24.2 Å². The monoisotopic (exact) mass is 440 g/mol. The maximum atomic E-state index is 13.1. The van der Waals surface area contributed by atoms with Gasteiger partial charge in [0.15, 0.2) is 0 Å². The number of fused-ring (bicyclic) bond motifs is 3. The van der Waals surface area contributed by atoms with Crippen molar-refractivity contribution >= 4 is 11.8 Å². The molecule has 1 aromatic carbocycles. The molecule has 1 aliphatic carbocycles. The van der Waals surface area contributed by atoms with Crippen molar-refractivity contribution in [2.45, 2.75) is 50.5 Å². The van der Waals surface area contributed by atoms with Crippen molar-refractivity contribution in [3.63, 3.8) is 0 Å². The molecule has 0 spiro atoms. The number of ether oxygens (including phenoxy) is 1. The van der Waals surface area contributed by atoms with Crippen LogP contribution in [0.5, 0.6) is 5.75 Å². The first-order chi connectivity index (χ1) is 15.5. The maximum Gasteiger partial charge on any atom is 0.247 e. The summed E-state index contributed by atoms with van der Waals surface area (Å²) in [6.45, 7) is 2.08. The molecule has 4 atom stereocenters. The number of para-hydroxylation sites is 1. The molecule has 0 saturated carbocycles. The van der Waals surface area contributed by atoms with Crippen LogP contribution in [0.3, 0.4) is 0 Å². The van der Waals surface area contributed by atoms with Gasteiger partial charge in [-0.25, -0.2) is 0 Å². The van der Waals surface area contributed by atoms with Crippen LogP contribution in [0.1, 0.15) is 36.8 Å². The van der Waals surface area contributed by atoms with E-state index in [4.69, 9.17) is 14.3 Å². The first-order valence-electron chi connectivity index (χ1n) is 10.9. The summed E-state index contributed by atoms with van der Waals surface area (Å²) >= 11 is 0. The molecule has 2 amide bonds. The fourth-order valence-electron chi connectivity index (χ4n) is 4.49. The van der Waals surface area contributed by atoms with Gasteiger partial charge >= 0.3 is 0 Å². The molecule has 0 fully saturated rings. The van der Waals surface area contributed by atoms with Gasteiger partial charge < -0.3 is 29.6 Å². The van der Waals surface area contributed by atoms with Gasteiger partial charge in [-0.3, -0.25) is 9.59 Å². The highest BCUT2D eigenvalue weighted by atomic mass is 16.5. The number of aliphatic hydroxyl groups excluding tert-OH is 2. The second kappa shape index (κ2) is 9.58. The summed E-state index contributed by atoms with van der Waals surface area (Å²) in [5, 5.41) is 23.2. The number of rotatable bonds is 8. The Morgan fingerprint density at radius 3 is 2.75 bits per heavy atom. The van der Waals surface area contributed by atoms with Crippen LogP contribution in [0.15, 0.2) is 58.9 Å². The smallest absolute Gasteiger partial charge is 0.247 e. The molecule has 8 heteroatoms. The van der Waals surface area contributed by atoms with E-state index in [0.29, 0.717) is 24.2 Å². The van der Waals surface area contributed by atoms with Gasteiger partial charge in [0.05, 0.1) is 31.1 Å². The largest absolute Gasteiger partial charge is 0.486 e. The van der Waals surface area contributed by atoms with Gasteiger partial charge in [0, 0.05) is 36.2 Å². The first kappa shape index (κ1) is 22.1. The Kier molecular flexibility index (Phi) is 6.62. The van der Waals surface area contributed by atoms with Crippen LogP contribution < -0.4 is 10.1 Å². The lowest BCUT2D eigenvalue weighted by molar-refractivity contribution is -0.138. The number of amides is 2. The summed E-state index contributed by atoms with van der Waals surface area (Å²) in [5.41, 5.74) is 2.03. The van der Waals surface area contributed by atoms with Crippen molar-refractivity contribution in [1.82, 2.24) is 10.2 Å². The van der Waals surface area contributed by atoms with Crippen LogP contribution in [0.4, 0.5) is 0 Å². The Labute approximate surface area is 186 Å². The first-order valence-corrected chi connectivity index (χ1v) is 10.9. The van der Waals surface area contributed by atoms with Crippen LogP contribution >= 0.6 is 0 Å². The van der Waals surface area contributed by atoms with Crippen molar-refractivity contribution in [1.29, 1.82) is 0 Å². The molecule has 0 saturated heterocycles. The summed E-state index contributed by atoms with van der Waals surface area (Å²) in [7, 11) is 0. The van der Waals surface area contributed by atoms with E-state index in [0.717, 1.165) is 11.1 Å². The summed E-state index contributed by atoms with van der Waals surface area (Å²) in [6.07, 6.45) is 4.00. The van der Waals surface area contributed by atoms with Gasteiger partial charge in [-0.05, 0) is 24.6 Å². The highest BCUT2D eigenvalue weighted by Gasteiger charge is 2.50. The highest BCUT2D eigenvalue weighted by molar-refractivity contribution is 5.96. The van der Waals surface area contributed by atoms with Crippen LogP contribution in [0.2, 0.25) is 0 Å². The predicted octanol–water partition coefficient (Wildman–Crippen LogP) is 1.73. The molecule has 170 valence electrons. The average Bonchev–Trinajstić information content (AvgIpc) is 3.45. The van der Waals surface area contributed by atoms with Gasteiger partial charge in [0.25, 0.3) is 0 Å². The summed E-state index contributed by atoms with van der Waals surface area (Å²) in [6, 6.07) is 8.41. The van der Waals surface area contributed by atoms with E-state index in [1.807, 2.05) is 31.2 Å². The molecule has 32 heavy (non-hydrogen) atoms. The number of carbonyl (C=O) groups excluding carboxylic acids is 2. The van der Waals surface area contributed by atoms with Crippen LogP contribution in [0.25, 0.3) is 0 Å². The lowest BCUT2D eigenvalue weighted by Crippen LogP contribution is -2.55. The molecule has 2 aromatic rings. The van der Waals surface area contributed by atoms with Crippen LogP contribution in [-0.2, 0) is 16.1 Å². The van der Waals surface area contributed by atoms with E-state index in [1.54, 1.807) is 23.3 Å². The Balaban J connectivity index is 1.74. The standard InChI is InChI=1S/C24H28N2O6/c1-2-5-20(28)26(13-15-8-11-31-14-15)18-12-17(24(30)25-9-10-27)21-16-6-3-4-7-19(16)32-23(21)22(18)29/h3-4,6-8,11-12,14,18,21-23,27,29H,2,5,9-10,13H2,1H3,(H,25,30)/t18-,21+,22+,23+/m1/s1. The number of furan rings is 1. The van der Waals surface area contributed by atoms with Gasteiger partial charge in [0.1, 0.15) is 18.0 Å². The van der Waals surface area contributed by atoms with E-state index in [-0.39, 0.29) is 31.5 Å². The maximum absolute atomic E-state index is 13.1. The highest BCUT2D eigenvalue weighted by Crippen LogP contribution is 2.47. The van der Waals surface area contributed by atoms with Crippen molar-refractivity contribution < 1.29 is 29.0 Å². The van der Waals surface area contributed by atoms with Crippen molar-refractivity contribution in [3.8, 4) is 5.75 Å². The quantitative estimate of drug-likeness (QED) is 0.576. The molecule has 3 N–H and O–H groups in total. The van der Waals surface area contributed by atoms with E-state index in [1.165, 1.54) is 6.26 Å². The van der Waals surface area contributed by atoms with Crippen molar-refractivity contribution in [2.24, 2.45) is 0 Å². The minimum Gasteiger partial charge on any atom is -0.486 e. The Morgan fingerprint density at radius 2 is 2.03 bits per heavy atom. The Hall–Kier alpha value is -3.10. The van der Waals surface area contributed by atoms with E-state index >= 15 is 0 Å². The van der Waals surface area contributed by atoms with Crippen molar-refractivity contribution in [3.05, 3.63) is 65.6 Å². The summed E-state index contributed by atoms with van der Waals surface area (Å²) in [5.74, 6) is -0.326. The number of nitrogens with zero attached hydrogens (tertiary/aromatic N) is 1. The third kappa shape index (κ3) is 4.16. The number of nitrogens with one attached hydrogen (secondary N) is 1. The van der Waals surface area contributed by atoms with Gasteiger partial charge in [0.2, 0.25) is 11.8 Å². The van der Waals surface area contributed by atoms with Crippen LogP contribution in [0, 0.1) is 0 Å². The third-order valence-electron chi connectivity index (χ3n) is 5.95. The Morgan fingerprint density at radius 1 is 1.22 bits per heavy atom. The SMILES string of the molecule is CCCC(=O)N(Cc1ccoc1)[C@@H]1C=C(C(=O)NCCO)[C@@H]2c3ccccc3O[C@@H]2[C@H]1O. The summed E-state index contributed by atoms with van der Waals surface area (Å²) in [4.78, 5) is 27.7. The molecular formula is C24H28N2O6. The molecule has 2 aliphatic rings. The van der Waals surface area contributed by atoms with Gasteiger partial charge in [-0.15, -0.1) is 0 Å². The Bertz CT molecular complexity index is 986. The molecular weight excluding hydrogens is 412 g/mol. The molecule has 2 heterocycles. The molecule has 8 nitrogen and oxygen atoms in total. The number of hydrogen-bond donors (Lipinski definition) is 3. The molecule has 0 bridgehead atoms. The minimum atomic E-state index is -1.03. The van der Waals surface area contributed by atoms with E-state index in [2.05, 4.69) is 5.32 Å². The van der Waals surface area contributed by atoms with E-state index in [9.17, 15) is 14.7 Å². The molecule has 4 rings (SSSR count). The van der Waals surface area contributed by atoms with Crippen molar-refractivity contribution in [2.75, 3.05) is 13.2 Å². The fourth-order valence-corrected chi connectivity index (χ4v) is 4.49. The zero-order valence-corrected chi connectivity index (χ0v) is 17.9. The number of benzene rings is 1. The lowest BCUT2D eigenvalue weighted by Gasteiger charge is -2.40. The average molecular weight is 440 g/mol. The second-order valence-corrected chi connectivity index (χ2v) is 8.08. The molecule has 0 unspecified atom stereocenters. The number of hydrogen-bond acceptors (Lipinski definition) is 6. The zero-order valence-electron chi connectivity index (χ0n) is 17.9. The third-order valence-corrected chi connectivity index (χ3v) is 5.95. The van der Waals surface area contributed by atoms with Gasteiger partial charge in [-0.2, -0.15) is 0 Å². The van der Waals surface area contributed by atoms with Gasteiger partial charge in [-0.1, -0.05) is 25.1 Å². The number of carbonyl (C=O) groups is 2. The summed E-state index contributed by atoms with van der Waals surface area (Å²) < 4.78 is 11.2. The normalized spacial score (nSPS) is 23.5. The lowest BCUT2D eigenvalue weighted by atomic mass is 9.77.